The van der Waals surface area contributed by atoms with Gasteiger partial charge >= 0.3 is 6.09 Å². The van der Waals surface area contributed by atoms with Crippen LogP contribution in [-0.2, 0) is 9.84 Å². The number of aromatic nitrogens is 2. The second-order valence-electron chi connectivity index (χ2n) is 6.25. The number of carbonyl (C=O) groups is 1. The molecular weight excluding hydrogens is 356 g/mol. The summed E-state index contributed by atoms with van der Waals surface area (Å²) in [7, 11) is -3.23. The highest BCUT2D eigenvalue weighted by Gasteiger charge is 2.22. The number of benzene rings is 1. The van der Waals surface area contributed by atoms with Crippen LogP contribution < -0.4 is 5.32 Å². The van der Waals surface area contributed by atoms with Gasteiger partial charge in [-0.3, -0.25) is 0 Å². The maximum atomic E-state index is 11.5. The summed E-state index contributed by atoms with van der Waals surface area (Å²) >= 11 is 0. The minimum Gasteiger partial charge on any atom is -0.465 e. The van der Waals surface area contributed by atoms with Gasteiger partial charge in [0.1, 0.15) is 0 Å². The minimum absolute atomic E-state index is 0.119. The van der Waals surface area contributed by atoms with Crippen LogP contribution >= 0.6 is 0 Å². The van der Waals surface area contributed by atoms with Crippen LogP contribution in [0.5, 0.6) is 0 Å². The Morgan fingerprint density at radius 3 is 2.42 bits per heavy atom. The molecule has 0 bridgehead atoms. The lowest BCUT2D eigenvalue weighted by molar-refractivity contribution is 0.133. The number of sulfone groups is 1. The summed E-state index contributed by atoms with van der Waals surface area (Å²) in [6, 6.07) is 8.42. The van der Waals surface area contributed by atoms with E-state index in [4.69, 9.17) is 5.11 Å². The number of hydrogen-bond acceptors (Lipinski definition) is 6. The molecule has 0 atom stereocenters. The Labute approximate surface area is 151 Å². The Balaban J connectivity index is 1.70. The highest BCUT2D eigenvalue weighted by Crippen LogP contribution is 2.21. The van der Waals surface area contributed by atoms with Crippen LogP contribution in [0.1, 0.15) is 12.8 Å². The Bertz CT molecular complexity index is 891. The van der Waals surface area contributed by atoms with E-state index in [1.54, 1.807) is 36.5 Å². The number of hydrogen-bond donors (Lipinski definition) is 2. The lowest BCUT2D eigenvalue weighted by atomic mass is 10.1. The van der Waals surface area contributed by atoms with E-state index >= 15 is 0 Å². The van der Waals surface area contributed by atoms with Gasteiger partial charge in [-0.05, 0) is 31.0 Å². The number of nitrogens with one attached hydrogen (secondary N) is 1. The van der Waals surface area contributed by atoms with E-state index in [9.17, 15) is 13.2 Å². The van der Waals surface area contributed by atoms with E-state index in [-0.39, 0.29) is 10.9 Å². The standard InChI is InChI=1S/C17H20N4O4S/c1-26(24,25)14-4-2-12(3-5-14)15-6-9-18-16(20-15)19-13-7-10-21(11-8-13)17(22)23/h2-6,9,13H,7-8,10-11H2,1H3,(H,22,23)(H,18,19,20). The van der Waals surface area contributed by atoms with Crippen LogP contribution in [0.25, 0.3) is 11.3 Å². The Hall–Kier alpha value is -2.68. The number of likely N-dealkylation sites (tertiary alicyclic amines) is 1. The number of rotatable bonds is 4. The molecule has 1 amide bonds. The summed E-state index contributed by atoms with van der Waals surface area (Å²) < 4.78 is 23.1. The number of piperidine rings is 1. The summed E-state index contributed by atoms with van der Waals surface area (Å²) in [5.74, 6) is 0.475. The van der Waals surface area contributed by atoms with Crippen molar-refractivity contribution in [1.82, 2.24) is 14.9 Å². The van der Waals surface area contributed by atoms with Crippen molar-refractivity contribution in [3.8, 4) is 11.3 Å². The van der Waals surface area contributed by atoms with Gasteiger partial charge in [0.05, 0.1) is 10.6 Å². The fraction of sp³-hybridized carbons (Fsp3) is 0.353. The summed E-state index contributed by atoms with van der Waals surface area (Å²) in [4.78, 5) is 21.3. The van der Waals surface area contributed by atoms with Crippen molar-refractivity contribution >= 4 is 21.9 Å². The fourth-order valence-electron chi connectivity index (χ4n) is 2.86. The molecule has 9 heteroatoms. The van der Waals surface area contributed by atoms with Crippen molar-refractivity contribution in [2.24, 2.45) is 0 Å². The van der Waals surface area contributed by atoms with Gasteiger partial charge < -0.3 is 15.3 Å². The summed E-state index contributed by atoms with van der Waals surface area (Å²) in [6.45, 7) is 0.972. The number of amides is 1. The van der Waals surface area contributed by atoms with Gasteiger partial charge in [-0.15, -0.1) is 0 Å². The first-order chi connectivity index (χ1) is 12.3. The largest absolute Gasteiger partial charge is 0.465 e. The van der Waals surface area contributed by atoms with Crippen molar-refractivity contribution < 1.29 is 18.3 Å². The molecule has 3 rings (SSSR count). The maximum Gasteiger partial charge on any atom is 0.407 e. The number of anilines is 1. The first kappa shape index (κ1) is 18.1. The monoisotopic (exact) mass is 376 g/mol. The zero-order chi connectivity index (χ0) is 18.7. The van der Waals surface area contributed by atoms with Crippen molar-refractivity contribution in [2.75, 3.05) is 24.7 Å². The van der Waals surface area contributed by atoms with Gasteiger partial charge in [0.25, 0.3) is 0 Å². The first-order valence-corrected chi connectivity index (χ1v) is 10.1. The highest BCUT2D eigenvalue weighted by molar-refractivity contribution is 7.90. The number of nitrogens with zero attached hydrogens (tertiary/aromatic N) is 3. The number of carboxylic acid groups (broad SMARTS) is 1. The molecule has 0 saturated carbocycles. The van der Waals surface area contributed by atoms with Crippen molar-refractivity contribution in [3.05, 3.63) is 36.5 Å². The zero-order valence-corrected chi connectivity index (χ0v) is 15.1. The fourth-order valence-corrected chi connectivity index (χ4v) is 3.49. The van der Waals surface area contributed by atoms with Crippen LogP contribution in [0.2, 0.25) is 0 Å². The van der Waals surface area contributed by atoms with Gasteiger partial charge in [-0.1, -0.05) is 12.1 Å². The summed E-state index contributed by atoms with van der Waals surface area (Å²) in [5, 5.41) is 12.2. The van der Waals surface area contributed by atoms with Crippen molar-refractivity contribution in [2.45, 2.75) is 23.8 Å². The molecule has 1 aromatic carbocycles. The van der Waals surface area contributed by atoms with E-state index in [0.717, 1.165) is 5.56 Å². The molecule has 0 spiro atoms. The molecule has 1 aliphatic heterocycles. The SMILES string of the molecule is CS(=O)(=O)c1ccc(-c2ccnc(NC3CCN(C(=O)O)CC3)n2)cc1. The van der Waals surface area contributed by atoms with Crippen LogP contribution in [0.3, 0.4) is 0 Å². The highest BCUT2D eigenvalue weighted by atomic mass is 32.2. The average Bonchev–Trinajstić information content (AvgIpc) is 2.62. The quantitative estimate of drug-likeness (QED) is 0.840. The van der Waals surface area contributed by atoms with Gasteiger partial charge in [-0.25, -0.2) is 23.2 Å². The molecule has 2 N–H and O–H groups in total. The molecule has 8 nitrogen and oxygen atoms in total. The molecule has 26 heavy (non-hydrogen) atoms. The molecule has 1 saturated heterocycles. The molecule has 0 radical (unpaired) electrons. The van der Waals surface area contributed by atoms with E-state index < -0.39 is 15.9 Å². The van der Waals surface area contributed by atoms with E-state index in [2.05, 4.69) is 15.3 Å². The van der Waals surface area contributed by atoms with Crippen LogP contribution in [0.15, 0.2) is 41.4 Å². The maximum absolute atomic E-state index is 11.5. The molecule has 1 aliphatic rings. The first-order valence-electron chi connectivity index (χ1n) is 8.21. The third kappa shape index (κ3) is 4.29. The van der Waals surface area contributed by atoms with Crippen LogP contribution in [0.4, 0.5) is 10.7 Å². The molecular formula is C17H20N4O4S. The molecule has 138 valence electrons. The smallest absolute Gasteiger partial charge is 0.407 e. The Morgan fingerprint density at radius 2 is 1.85 bits per heavy atom. The predicted octanol–water partition coefficient (Wildman–Crippen LogP) is 2.10. The van der Waals surface area contributed by atoms with Gasteiger partial charge in [-0.2, -0.15) is 0 Å². The van der Waals surface area contributed by atoms with Crippen LogP contribution in [0, 0.1) is 0 Å². The van der Waals surface area contributed by atoms with E-state index in [1.807, 2.05) is 0 Å². The Morgan fingerprint density at radius 1 is 1.19 bits per heavy atom. The minimum atomic E-state index is -3.23. The van der Waals surface area contributed by atoms with E-state index in [1.165, 1.54) is 11.2 Å². The van der Waals surface area contributed by atoms with Crippen molar-refractivity contribution in [1.29, 1.82) is 0 Å². The van der Waals surface area contributed by atoms with Crippen molar-refractivity contribution in [3.63, 3.8) is 0 Å². The second kappa shape index (κ2) is 7.28. The van der Waals surface area contributed by atoms with Gasteiger partial charge in [0.2, 0.25) is 5.95 Å². The van der Waals surface area contributed by atoms with E-state index in [0.29, 0.717) is 37.6 Å². The normalized spacial score (nSPS) is 15.7. The third-order valence-electron chi connectivity index (χ3n) is 4.33. The molecule has 2 aromatic rings. The lowest BCUT2D eigenvalue weighted by Crippen LogP contribution is -2.41. The lowest BCUT2D eigenvalue weighted by Gasteiger charge is -2.30. The molecule has 0 aliphatic carbocycles. The predicted molar refractivity (Wildman–Crippen MR) is 96.8 cm³/mol. The molecule has 1 fully saturated rings. The molecule has 2 heterocycles. The zero-order valence-electron chi connectivity index (χ0n) is 14.3. The molecule has 1 aromatic heterocycles. The average molecular weight is 376 g/mol. The summed E-state index contributed by atoms with van der Waals surface area (Å²) in [5.41, 5.74) is 1.48. The summed E-state index contributed by atoms with van der Waals surface area (Å²) in [6.07, 6.45) is 3.32. The Kier molecular flexibility index (Phi) is 5.08. The topological polar surface area (TPSA) is 112 Å². The molecule has 0 unspecified atom stereocenters. The third-order valence-corrected chi connectivity index (χ3v) is 5.46. The van der Waals surface area contributed by atoms with Gasteiger partial charge in [0.15, 0.2) is 9.84 Å². The second-order valence-corrected chi connectivity index (χ2v) is 8.27. The van der Waals surface area contributed by atoms with Gasteiger partial charge in [0, 0.05) is 37.1 Å². The van der Waals surface area contributed by atoms with Crippen LogP contribution in [-0.4, -0.2) is 59.9 Å².